The van der Waals surface area contributed by atoms with Crippen LogP contribution in [0.25, 0.3) is 0 Å². The summed E-state index contributed by atoms with van der Waals surface area (Å²) in [5.74, 6) is 0. The molecule has 0 bridgehead atoms. The minimum Gasteiger partial charge on any atom is -0.310 e. The van der Waals surface area contributed by atoms with Crippen molar-refractivity contribution in [3.63, 3.8) is 0 Å². The molecule has 2 rings (SSSR count). The SMILES string of the molecule is CC1=CC=CC=C(C2CCCCN2)C1. The molecule has 0 saturated carbocycles. The van der Waals surface area contributed by atoms with E-state index in [0.29, 0.717) is 6.04 Å². The lowest BCUT2D eigenvalue weighted by atomic mass is 9.93. The summed E-state index contributed by atoms with van der Waals surface area (Å²) < 4.78 is 0. The predicted molar refractivity (Wildman–Crippen MR) is 61.2 cm³/mol. The van der Waals surface area contributed by atoms with Crippen LogP contribution >= 0.6 is 0 Å². The topological polar surface area (TPSA) is 12.0 Å². The van der Waals surface area contributed by atoms with E-state index in [4.69, 9.17) is 0 Å². The van der Waals surface area contributed by atoms with Crippen molar-refractivity contribution < 1.29 is 0 Å². The molecule has 0 radical (unpaired) electrons. The standard InChI is InChI=1S/C13H19N/c1-11-6-2-3-7-12(10-11)13-8-4-5-9-14-13/h2-3,6-7,13-14H,4-5,8-10H2,1H3. The van der Waals surface area contributed by atoms with Gasteiger partial charge in [0.15, 0.2) is 0 Å². The summed E-state index contributed by atoms with van der Waals surface area (Å²) in [5, 5.41) is 3.61. The van der Waals surface area contributed by atoms with Gasteiger partial charge in [0.1, 0.15) is 0 Å². The molecule has 1 saturated heterocycles. The Kier molecular flexibility index (Phi) is 3.20. The highest BCUT2D eigenvalue weighted by molar-refractivity contribution is 5.30. The highest BCUT2D eigenvalue weighted by atomic mass is 14.9. The maximum Gasteiger partial charge on any atom is 0.0285 e. The van der Waals surface area contributed by atoms with Crippen LogP contribution in [0.2, 0.25) is 0 Å². The van der Waals surface area contributed by atoms with Gasteiger partial charge in [0, 0.05) is 6.04 Å². The molecule has 76 valence electrons. The first-order chi connectivity index (χ1) is 6.86. The van der Waals surface area contributed by atoms with Gasteiger partial charge in [-0.15, -0.1) is 0 Å². The minimum atomic E-state index is 0.634. The van der Waals surface area contributed by atoms with Gasteiger partial charge in [-0.1, -0.05) is 36.3 Å². The Morgan fingerprint density at radius 3 is 2.86 bits per heavy atom. The Morgan fingerprint density at radius 1 is 1.21 bits per heavy atom. The number of nitrogens with one attached hydrogen (secondary N) is 1. The van der Waals surface area contributed by atoms with Gasteiger partial charge in [-0.05, 0) is 38.3 Å². The number of hydrogen-bond donors (Lipinski definition) is 1. The summed E-state index contributed by atoms with van der Waals surface area (Å²) in [5.41, 5.74) is 3.03. The Morgan fingerprint density at radius 2 is 2.07 bits per heavy atom. The van der Waals surface area contributed by atoms with E-state index < -0.39 is 0 Å². The lowest BCUT2D eigenvalue weighted by Crippen LogP contribution is -2.35. The van der Waals surface area contributed by atoms with E-state index >= 15 is 0 Å². The maximum absolute atomic E-state index is 3.61. The first-order valence-electron chi connectivity index (χ1n) is 5.62. The summed E-state index contributed by atoms with van der Waals surface area (Å²) >= 11 is 0. The molecule has 1 aliphatic heterocycles. The van der Waals surface area contributed by atoms with E-state index in [9.17, 15) is 0 Å². The van der Waals surface area contributed by atoms with Crippen molar-refractivity contribution in [3.8, 4) is 0 Å². The molecule has 0 aromatic carbocycles. The Hall–Kier alpha value is -0.820. The molecule has 1 heteroatoms. The van der Waals surface area contributed by atoms with E-state index in [1.165, 1.54) is 31.4 Å². The van der Waals surface area contributed by atoms with Crippen molar-refractivity contribution in [1.82, 2.24) is 5.32 Å². The maximum atomic E-state index is 3.61. The van der Waals surface area contributed by atoms with Gasteiger partial charge in [0.05, 0.1) is 0 Å². The molecule has 0 aromatic heterocycles. The van der Waals surface area contributed by atoms with E-state index in [1.54, 1.807) is 5.57 Å². The van der Waals surface area contributed by atoms with Crippen LogP contribution in [0.5, 0.6) is 0 Å². The normalized spacial score (nSPS) is 27.9. The minimum absolute atomic E-state index is 0.634. The highest BCUT2D eigenvalue weighted by Crippen LogP contribution is 2.22. The Bertz CT molecular complexity index is 278. The molecule has 0 aromatic rings. The average molecular weight is 189 g/mol. The number of piperidine rings is 1. The Labute approximate surface area is 86.6 Å². The number of allylic oxidation sites excluding steroid dienone is 5. The smallest absolute Gasteiger partial charge is 0.0285 e. The second kappa shape index (κ2) is 4.61. The molecule has 1 atom stereocenters. The first kappa shape index (κ1) is 9.72. The quantitative estimate of drug-likeness (QED) is 0.668. The summed E-state index contributed by atoms with van der Waals surface area (Å²) in [6.07, 6.45) is 14.0. The molecule has 0 amide bonds. The van der Waals surface area contributed by atoms with Crippen LogP contribution in [0.15, 0.2) is 35.5 Å². The third-order valence-electron chi connectivity index (χ3n) is 3.04. The molecule has 2 aliphatic rings. The third-order valence-corrected chi connectivity index (χ3v) is 3.04. The van der Waals surface area contributed by atoms with Crippen molar-refractivity contribution in [1.29, 1.82) is 0 Å². The zero-order valence-corrected chi connectivity index (χ0v) is 8.92. The van der Waals surface area contributed by atoms with Gasteiger partial charge in [-0.25, -0.2) is 0 Å². The van der Waals surface area contributed by atoms with Crippen molar-refractivity contribution in [2.75, 3.05) is 6.54 Å². The van der Waals surface area contributed by atoms with Gasteiger partial charge in [-0.2, -0.15) is 0 Å². The zero-order chi connectivity index (χ0) is 9.80. The van der Waals surface area contributed by atoms with E-state index in [1.807, 2.05) is 0 Å². The number of hydrogen-bond acceptors (Lipinski definition) is 1. The molecular formula is C13H19N. The largest absolute Gasteiger partial charge is 0.310 e. The number of rotatable bonds is 1. The van der Waals surface area contributed by atoms with E-state index in [0.717, 1.165) is 6.42 Å². The third kappa shape index (κ3) is 2.36. The second-order valence-corrected chi connectivity index (χ2v) is 4.32. The van der Waals surface area contributed by atoms with Crippen molar-refractivity contribution in [2.45, 2.75) is 38.6 Å². The van der Waals surface area contributed by atoms with Crippen LogP contribution in [-0.4, -0.2) is 12.6 Å². The molecule has 1 unspecified atom stereocenters. The van der Waals surface area contributed by atoms with Crippen molar-refractivity contribution in [3.05, 3.63) is 35.5 Å². The molecule has 1 heterocycles. The van der Waals surface area contributed by atoms with Gasteiger partial charge in [0.25, 0.3) is 0 Å². The monoisotopic (exact) mass is 189 g/mol. The van der Waals surface area contributed by atoms with E-state index in [2.05, 4.69) is 36.5 Å². The van der Waals surface area contributed by atoms with Crippen LogP contribution in [0.1, 0.15) is 32.6 Å². The molecule has 0 spiro atoms. The van der Waals surface area contributed by atoms with Gasteiger partial charge in [-0.3, -0.25) is 0 Å². The zero-order valence-electron chi connectivity index (χ0n) is 8.92. The lowest BCUT2D eigenvalue weighted by Gasteiger charge is -2.26. The van der Waals surface area contributed by atoms with Crippen LogP contribution in [-0.2, 0) is 0 Å². The Balaban J connectivity index is 2.05. The van der Waals surface area contributed by atoms with E-state index in [-0.39, 0.29) is 0 Å². The van der Waals surface area contributed by atoms with Crippen molar-refractivity contribution >= 4 is 0 Å². The second-order valence-electron chi connectivity index (χ2n) is 4.32. The van der Waals surface area contributed by atoms with Gasteiger partial charge in [0.2, 0.25) is 0 Å². The predicted octanol–water partition coefficient (Wildman–Crippen LogP) is 2.96. The van der Waals surface area contributed by atoms with Crippen LogP contribution in [0.4, 0.5) is 0 Å². The average Bonchev–Trinajstić information content (AvgIpc) is 2.44. The molecule has 14 heavy (non-hydrogen) atoms. The summed E-state index contributed by atoms with van der Waals surface area (Å²) in [6, 6.07) is 0.634. The molecule has 1 aliphatic carbocycles. The fraction of sp³-hybridized carbons (Fsp3) is 0.538. The van der Waals surface area contributed by atoms with Gasteiger partial charge < -0.3 is 5.32 Å². The first-order valence-corrected chi connectivity index (χ1v) is 5.62. The molecule has 1 N–H and O–H groups in total. The molecular weight excluding hydrogens is 170 g/mol. The fourth-order valence-corrected chi connectivity index (χ4v) is 2.25. The summed E-state index contributed by atoms with van der Waals surface area (Å²) in [6.45, 7) is 3.40. The molecule has 1 fully saturated rings. The van der Waals surface area contributed by atoms with Gasteiger partial charge >= 0.3 is 0 Å². The summed E-state index contributed by atoms with van der Waals surface area (Å²) in [7, 11) is 0. The van der Waals surface area contributed by atoms with Crippen LogP contribution in [0, 0.1) is 0 Å². The molecule has 1 nitrogen and oxygen atoms in total. The summed E-state index contributed by atoms with van der Waals surface area (Å²) in [4.78, 5) is 0. The van der Waals surface area contributed by atoms with Crippen LogP contribution < -0.4 is 5.32 Å². The van der Waals surface area contributed by atoms with Crippen molar-refractivity contribution in [2.24, 2.45) is 0 Å². The van der Waals surface area contributed by atoms with Crippen LogP contribution in [0.3, 0.4) is 0 Å². The fourth-order valence-electron chi connectivity index (χ4n) is 2.25. The highest BCUT2D eigenvalue weighted by Gasteiger charge is 2.16. The lowest BCUT2D eigenvalue weighted by molar-refractivity contribution is 0.435.